The van der Waals surface area contributed by atoms with Gasteiger partial charge in [-0.1, -0.05) is 11.6 Å². The number of ether oxygens (including phenoxy) is 1. The number of fused-ring (bicyclic) bond motifs is 4. The van der Waals surface area contributed by atoms with E-state index in [1.165, 1.54) is 29.7 Å². The molecule has 10 aromatic heterocycles. The number of aromatic nitrogens is 16. The monoisotopic (exact) mass is 1010 g/mol. The average Bonchev–Trinajstić information content (AvgIpc) is 4.25. The fourth-order valence-electron chi connectivity index (χ4n) is 7.82. The summed E-state index contributed by atoms with van der Waals surface area (Å²) in [5.74, 6) is 0.0905. The first-order valence-corrected chi connectivity index (χ1v) is 23.5. The molecule has 0 saturated carbocycles. The van der Waals surface area contributed by atoms with Gasteiger partial charge in [0, 0.05) is 143 Å². The van der Waals surface area contributed by atoms with E-state index < -0.39 is 12.8 Å². The molecular weight excluding hydrogens is 973 g/mol. The Labute approximate surface area is 413 Å². The topological polar surface area (TPSA) is 167 Å². The van der Waals surface area contributed by atoms with Crippen LogP contribution in [0.15, 0.2) is 155 Å². The maximum absolute atomic E-state index is 13.1. The van der Waals surface area contributed by atoms with Crippen molar-refractivity contribution in [1.82, 2.24) is 78.3 Å². The molecule has 354 valence electrons. The van der Waals surface area contributed by atoms with E-state index in [4.69, 9.17) is 16.3 Å². The summed E-state index contributed by atoms with van der Waals surface area (Å²) in [4.78, 5) is 10.8. The minimum Gasteiger partial charge on any atom is -0.483 e. The second kappa shape index (κ2) is 18.3. The standard InChI is InChI=1S/C25H19F3N8OS.C23H17ClN8S/c1-34-11-16(8-30-34)15-3-6-22-32-33-24(36(22)13-15)38-18-4-5-21-19(7-18)23(37-14-25(26,27)28)20(10-29-21)17-9-31-35(2)12-17;1-30-11-15(8-26-30)14-3-6-21-28-29-23(32(21)13-14)33-17-4-5-20-18(7-17)22(24)19(10-25-20)16-9-27-31(2)12-16/h3-13H,14H2,1-2H3;3-13H,1-2H3. The van der Waals surface area contributed by atoms with Crippen LogP contribution in [0.5, 0.6) is 5.75 Å². The molecule has 2 aromatic carbocycles. The Hall–Kier alpha value is -8.08. The van der Waals surface area contributed by atoms with Gasteiger partial charge in [0.05, 0.1) is 40.8 Å². The van der Waals surface area contributed by atoms with Gasteiger partial charge in [0.25, 0.3) is 0 Å². The van der Waals surface area contributed by atoms with Gasteiger partial charge in [0.1, 0.15) is 5.75 Å². The van der Waals surface area contributed by atoms with Gasteiger partial charge in [0.15, 0.2) is 28.2 Å². The van der Waals surface area contributed by atoms with Crippen molar-refractivity contribution in [2.24, 2.45) is 28.2 Å². The number of halogens is 4. The first-order valence-electron chi connectivity index (χ1n) is 21.5. The van der Waals surface area contributed by atoms with Crippen molar-refractivity contribution in [3.8, 4) is 50.3 Å². The molecule has 0 fully saturated rings. The van der Waals surface area contributed by atoms with Crippen molar-refractivity contribution in [3.05, 3.63) is 140 Å². The predicted octanol–water partition coefficient (Wildman–Crippen LogP) is 10.1. The minimum absolute atomic E-state index is 0.0905. The smallest absolute Gasteiger partial charge is 0.422 e. The Bertz CT molecular complexity index is 3950. The average molecular weight is 1010 g/mol. The van der Waals surface area contributed by atoms with Gasteiger partial charge < -0.3 is 4.74 Å². The number of hydrogen-bond donors (Lipinski definition) is 0. The summed E-state index contributed by atoms with van der Waals surface area (Å²) in [6.07, 6.45) is 17.2. The molecule has 17 nitrogen and oxygen atoms in total. The third-order valence-electron chi connectivity index (χ3n) is 11.2. The molecule has 23 heteroatoms. The van der Waals surface area contributed by atoms with Crippen LogP contribution in [0.25, 0.3) is 77.6 Å². The van der Waals surface area contributed by atoms with Crippen LogP contribution >= 0.6 is 35.1 Å². The zero-order valence-corrected chi connectivity index (χ0v) is 40.2. The van der Waals surface area contributed by atoms with Gasteiger partial charge in [-0.2, -0.15) is 33.6 Å². The van der Waals surface area contributed by atoms with Crippen molar-refractivity contribution in [2.45, 2.75) is 26.3 Å². The molecule has 0 aliphatic rings. The molecule has 71 heavy (non-hydrogen) atoms. The molecule has 0 N–H and O–H groups in total. The normalized spacial score (nSPS) is 11.8. The Morgan fingerprint density at radius 2 is 0.958 bits per heavy atom. The van der Waals surface area contributed by atoms with Crippen molar-refractivity contribution < 1.29 is 17.9 Å². The van der Waals surface area contributed by atoms with Gasteiger partial charge in [-0.3, -0.25) is 37.5 Å². The lowest BCUT2D eigenvalue weighted by atomic mass is 10.1. The molecule has 0 amide bonds. The van der Waals surface area contributed by atoms with Crippen LogP contribution in [0, 0.1) is 0 Å². The van der Waals surface area contributed by atoms with E-state index in [2.05, 4.69) is 50.8 Å². The minimum atomic E-state index is -4.50. The number of nitrogens with zero attached hydrogens (tertiary/aromatic N) is 16. The van der Waals surface area contributed by atoms with Crippen molar-refractivity contribution in [3.63, 3.8) is 0 Å². The summed E-state index contributed by atoms with van der Waals surface area (Å²) < 4.78 is 55.4. The molecule has 10 heterocycles. The molecule has 0 atom stereocenters. The van der Waals surface area contributed by atoms with Gasteiger partial charge in [-0.15, -0.1) is 20.4 Å². The maximum atomic E-state index is 13.1. The molecule has 0 aliphatic carbocycles. The van der Waals surface area contributed by atoms with E-state index in [0.717, 1.165) is 64.9 Å². The Kier molecular flexibility index (Phi) is 11.7. The Balaban J connectivity index is 0.000000155. The van der Waals surface area contributed by atoms with Crippen LogP contribution in [-0.2, 0) is 28.2 Å². The van der Waals surface area contributed by atoms with Gasteiger partial charge in [-0.25, -0.2) is 0 Å². The molecular formula is C48H36ClF3N16OS2. The van der Waals surface area contributed by atoms with Crippen LogP contribution in [0.2, 0.25) is 5.02 Å². The first kappa shape index (κ1) is 45.4. The third-order valence-corrected chi connectivity index (χ3v) is 13.5. The van der Waals surface area contributed by atoms with Crippen LogP contribution < -0.4 is 4.74 Å². The van der Waals surface area contributed by atoms with E-state index in [9.17, 15) is 13.2 Å². The highest BCUT2D eigenvalue weighted by Crippen LogP contribution is 2.40. The summed E-state index contributed by atoms with van der Waals surface area (Å²) in [6.45, 7) is -1.43. The zero-order valence-electron chi connectivity index (χ0n) is 37.8. The van der Waals surface area contributed by atoms with Crippen LogP contribution in [-0.4, -0.2) is 91.1 Å². The quantitative estimate of drug-likeness (QED) is 0.127. The van der Waals surface area contributed by atoms with E-state index >= 15 is 0 Å². The largest absolute Gasteiger partial charge is 0.483 e. The predicted molar refractivity (Wildman–Crippen MR) is 263 cm³/mol. The third kappa shape index (κ3) is 9.38. The van der Waals surface area contributed by atoms with Crippen LogP contribution in [0.4, 0.5) is 13.2 Å². The number of hydrogen-bond acceptors (Lipinski definition) is 13. The second-order valence-corrected chi connectivity index (χ2v) is 18.8. The Morgan fingerprint density at radius 1 is 0.507 bits per heavy atom. The highest BCUT2D eigenvalue weighted by molar-refractivity contribution is 7.99. The van der Waals surface area contributed by atoms with Gasteiger partial charge >= 0.3 is 6.18 Å². The fourth-order valence-corrected chi connectivity index (χ4v) is 9.83. The van der Waals surface area contributed by atoms with Crippen LogP contribution in [0.3, 0.4) is 0 Å². The van der Waals surface area contributed by atoms with E-state index in [-0.39, 0.29) is 5.75 Å². The van der Waals surface area contributed by atoms with Gasteiger partial charge in [0.2, 0.25) is 0 Å². The highest BCUT2D eigenvalue weighted by atomic mass is 35.5. The van der Waals surface area contributed by atoms with E-state index in [1.54, 1.807) is 68.9 Å². The summed E-state index contributed by atoms with van der Waals surface area (Å²) in [6, 6.07) is 19.2. The van der Waals surface area contributed by atoms with Gasteiger partial charge in [-0.05, 0) is 84.2 Å². The first-order chi connectivity index (χ1) is 34.3. The number of alkyl halides is 3. The molecule has 0 spiro atoms. The summed E-state index contributed by atoms with van der Waals surface area (Å²) in [5, 5.41) is 37.5. The maximum Gasteiger partial charge on any atom is 0.422 e. The van der Waals surface area contributed by atoms with Crippen molar-refractivity contribution in [1.29, 1.82) is 0 Å². The van der Waals surface area contributed by atoms with Crippen molar-refractivity contribution >= 4 is 68.2 Å². The summed E-state index contributed by atoms with van der Waals surface area (Å²) in [5.41, 5.74) is 9.57. The fraction of sp³-hybridized carbons (Fsp3) is 0.125. The SMILES string of the molecule is Cn1cc(-c2ccc3nnc(Sc4ccc5ncc(-c6cnn(C)c6)c(Cl)c5c4)n3c2)cn1.Cn1cc(-c2ccc3nnc(Sc4ccc5ncc(-c6cnn(C)c6)c(OCC(F)(F)F)c5c4)n3c2)cn1. The van der Waals surface area contributed by atoms with E-state index in [1.807, 2.05) is 116 Å². The highest BCUT2D eigenvalue weighted by Gasteiger charge is 2.30. The summed E-state index contributed by atoms with van der Waals surface area (Å²) in [7, 11) is 7.36. The molecule has 12 rings (SSSR count). The second-order valence-electron chi connectivity index (χ2n) is 16.3. The molecule has 12 aromatic rings. The molecule has 0 aliphatic heterocycles. The number of benzene rings is 2. The lowest BCUT2D eigenvalue weighted by molar-refractivity contribution is -0.153. The lowest BCUT2D eigenvalue weighted by Crippen LogP contribution is -2.19. The molecule has 0 radical (unpaired) electrons. The number of rotatable bonds is 10. The molecule has 0 bridgehead atoms. The number of aryl methyl sites for hydroxylation is 4. The molecule has 0 saturated heterocycles. The lowest BCUT2D eigenvalue weighted by Gasteiger charge is -2.15. The van der Waals surface area contributed by atoms with E-state index in [0.29, 0.717) is 37.9 Å². The number of pyridine rings is 4. The zero-order chi connectivity index (χ0) is 49.0. The van der Waals surface area contributed by atoms with Crippen molar-refractivity contribution in [2.75, 3.05) is 6.61 Å². The molecule has 0 unspecified atom stereocenters. The Morgan fingerprint density at radius 3 is 1.44 bits per heavy atom. The summed E-state index contributed by atoms with van der Waals surface area (Å²) >= 11 is 9.66. The van der Waals surface area contributed by atoms with Crippen LogP contribution in [0.1, 0.15) is 0 Å².